The van der Waals surface area contributed by atoms with Crippen LogP contribution in [-0.4, -0.2) is 44.6 Å². The van der Waals surface area contributed by atoms with Crippen molar-refractivity contribution in [3.8, 4) is 0 Å². The highest BCUT2D eigenvalue weighted by Crippen LogP contribution is 2.29. The zero-order valence-electron chi connectivity index (χ0n) is 18.2. The molecule has 1 aromatic heterocycles. The quantitative estimate of drug-likeness (QED) is 0.398. The first kappa shape index (κ1) is 22.6. The van der Waals surface area contributed by atoms with Gasteiger partial charge in [-0.2, -0.15) is 0 Å². The van der Waals surface area contributed by atoms with Gasteiger partial charge in [0.05, 0.1) is 16.8 Å². The molecule has 1 aliphatic heterocycles. The first-order valence-electron chi connectivity index (χ1n) is 10.9. The maximum Gasteiger partial charge on any atom is 0.203 e. The first-order valence-corrected chi connectivity index (χ1v) is 12.9. The van der Waals surface area contributed by atoms with Gasteiger partial charge in [-0.25, -0.2) is 22.8 Å². The molecule has 0 unspecified atom stereocenters. The van der Waals surface area contributed by atoms with Crippen molar-refractivity contribution in [1.82, 2.24) is 9.97 Å². The lowest BCUT2D eigenvalue weighted by Gasteiger charge is -2.37. The molecule has 0 N–H and O–H groups in total. The van der Waals surface area contributed by atoms with E-state index in [9.17, 15) is 12.8 Å². The van der Waals surface area contributed by atoms with Crippen LogP contribution in [0.5, 0.6) is 0 Å². The van der Waals surface area contributed by atoms with Gasteiger partial charge in [-0.1, -0.05) is 35.9 Å². The summed E-state index contributed by atoms with van der Waals surface area (Å²) in [4.78, 5) is 13.4. The molecule has 34 heavy (non-hydrogen) atoms. The Morgan fingerprint density at radius 1 is 0.794 bits per heavy atom. The van der Waals surface area contributed by atoms with E-state index in [1.54, 1.807) is 42.5 Å². The molecule has 0 aliphatic carbocycles. The molecule has 3 aromatic carbocycles. The van der Waals surface area contributed by atoms with Gasteiger partial charge in [0.1, 0.15) is 5.82 Å². The Balaban J connectivity index is 1.47. The number of benzene rings is 3. The van der Waals surface area contributed by atoms with Crippen LogP contribution >= 0.6 is 11.6 Å². The molecule has 1 saturated heterocycles. The van der Waals surface area contributed by atoms with Crippen LogP contribution in [0.15, 0.2) is 77.8 Å². The largest absolute Gasteiger partial charge is 0.368 e. The van der Waals surface area contributed by atoms with Crippen LogP contribution in [0.1, 0.15) is 5.56 Å². The van der Waals surface area contributed by atoms with Crippen LogP contribution in [0.2, 0.25) is 5.02 Å². The number of fused-ring (bicyclic) bond motifs is 1. The number of hydrogen-bond acceptors (Lipinski definition) is 6. The Morgan fingerprint density at radius 3 is 2.03 bits per heavy atom. The number of sulfone groups is 1. The second-order valence-corrected chi connectivity index (χ2v) is 10.5. The van der Waals surface area contributed by atoms with Crippen molar-refractivity contribution in [1.29, 1.82) is 0 Å². The van der Waals surface area contributed by atoms with E-state index in [2.05, 4.69) is 9.88 Å². The number of halogens is 2. The molecule has 5 rings (SSSR count). The zero-order chi connectivity index (χ0) is 23.7. The van der Waals surface area contributed by atoms with E-state index in [1.165, 1.54) is 12.1 Å². The van der Waals surface area contributed by atoms with Gasteiger partial charge in [0, 0.05) is 36.9 Å². The maximum absolute atomic E-state index is 13.5. The van der Waals surface area contributed by atoms with Crippen molar-refractivity contribution in [3.63, 3.8) is 0 Å². The van der Waals surface area contributed by atoms with Gasteiger partial charge < -0.3 is 9.80 Å². The summed E-state index contributed by atoms with van der Waals surface area (Å²) < 4.78 is 40.3. The Kier molecular flexibility index (Phi) is 6.10. The molecular formula is C25H22ClFN4O2S. The number of nitrogens with zero attached hydrogens (tertiary/aromatic N) is 4. The van der Waals surface area contributed by atoms with Crippen molar-refractivity contribution in [2.75, 3.05) is 36.0 Å². The van der Waals surface area contributed by atoms with Gasteiger partial charge in [-0.15, -0.1) is 0 Å². The molecule has 9 heteroatoms. The van der Waals surface area contributed by atoms with Crippen molar-refractivity contribution in [2.24, 2.45) is 0 Å². The molecule has 0 radical (unpaired) electrons. The number of anilines is 2. The van der Waals surface area contributed by atoms with E-state index in [0.29, 0.717) is 53.6 Å². The summed E-state index contributed by atoms with van der Waals surface area (Å²) in [5.74, 6) is -0.101. The zero-order valence-corrected chi connectivity index (χ0v) is 19.8. The smallest absolute Gasteiger partial charge is 0.203 e. The van der Waals surface area contributed by atoms with Crippen LogP contribution in [0.4, 0.5) is 15.9 Å². The van der Waals surface area contributed by atoms with Crippen molar-refractivity contribution in [2.45, 2.75) is 10.8 Å². The molecule has 0 spiro atoms. The third-order valence-electron chi connectivity index (χ3n) is 5.86. The molecule has 1 aliphatic rings. The van der Waals surface area contributed by atoms with E-state index >= 15 is 0 Å². The summed E-state index contributed by atoms with van der Waals surface area (Å²) in [6.45, 7) is 2.43. The number of rotatable bonds is 5. The molecule has 0 amide bonds. The third-order valence-corrected chi connectivity index (χ3v) is 7.69. The highest BCUT2D eigenvalue weighted by Gasteiger charge is 2.29. The van der Waals surface area contributed by atoms with Crippen molar-refractivity contribution < 1.29 is 12.8 Å². The predicted octanol–water partition coefficient (Wildman–Crippen LogP) is 4.72. The summed E-state index contributed by atoms with van der Waals surface area (Å²) in [5, 5.41) is 0.530. The topological polar surface area (TPSA) is 66.4 Å². The van der Waals surface area contributed by atoms with E-state index in [-0.39, 0.29) is 16.6 Å². The average Bonchev–Trinajstić information content (AvgIpc) is 2.85. The summed E-state index contributed by atoms with van der Waals surface area (Å²) in [6.07, 6.45) is 0. The minimum absolute atomic E-state index is 0.0172. The number of hydrogen-bond donors (Lipinski definition) is 0. The Bertz CT molecular complexity index is 1420. The SMILES string of the molecule is O=S(=O)(Cc1ccc(Cl)cc1)c1nc2ccccc2nc1N1CCN(c2ccc(F)cc2)CC1. The predicted molar refractivity (Wildman–Crippen MR) is 133 cm³/mol. The van der Waals surface area contributed by atoms with E-state index in [0.717, 1.165) is 5.69 Å². The fourth-order valence-electron chi connectivity index (χ4n) is 4.09. The normalized spacial score (nSPS) is 14.5. The van der Waals surface area contributed by atoms with Crippen LogP contribution in [0.25, 0.3) is 11.0 Å². The molecular weight excluding hydrogens is 475 g/mol. The standard InChI is InChI=1S/C25H22ClFN4O2S/c26-19-7-5-18(6-8-19)17-34(32,33)25-24(28-22-3-1-2-4-23(22)29-25)31-15-13-30(14-16-31)21-11-9-20(27)10-12-21/h1-12H,13-17H2. The molecule has 0 saturated carbocycles. The fraction of sp³-hybridized carbons (Fsp3) is 0.200. The van der Waals surface area contributed by atoms with Gasteiger partial charge in [0.25, 0.3) is 0 Å². The molecule has 0 atom stereocenters. The van der Waals surface area contributed by atoms with Crippen LogP contribution in [0, 0.1) is 5.82 Å². The first-order chi connectivity index (χ1) is 16.4. The van der Waals surface area contributed by atoms with E-state index < -0.39 is 9.84 Å². The summed E-state index contributed by atoms with van der Waals surface area (Å²) in [6, 6.07) is 20.4. The van der Waals surface area contributed by atoms with Crippen molar-refractivity contribution in [3.05, 3.63) is 89.2 Å². The second-order valence-electron chi connectivity index (χ2n) is 8.18. The minimum atomic E-state index is -3.78. The number of piperazine rings is 1. The monoisotopic (exact) mass is 496 g/mol. The summed E-state index contributed by atoms with van der Waals surface area (Å²) >= 11 is 5.95. The fourth-order valence-corrected chi connectivity index (χ4v) is 5.67. The minimum Gasteiger partial charge on any atom is -0.368 e. The van der Waals surface area contributed by atoms with Crippen LogP contribution in [0.3, 0.4) is 0 Å². The van der Waals surface area contributed by atoms with E-state index in [4.69, 9.17) is 16.6 Å². The average molecular weight is 497 g/mol. The molecule has 4 aromatic rings. The van der Waals surface area contributed by atoms with E-state index in [1.807, 2.05) is 23.1 Å². The lowest BCUT2D eigenvalue weighted by molar-refractivity contribution is 0.588. The van der Waals surface area contributed by atoms with Crippen LogP contribution in [-0.2, 0) is 15.6 Å². The summed E-state index contributed by atoms with van der Waals surface area (Å²) in [7, 11) is -3.78. The third kappa shape index (κ3) is 4.69. The molecule has 0 bridgehead atoms. The van der Waals surface area contributed by atoms with Crippen molar-refractivity contribution >= 4 is 44.0 Å². The Labute approximate surface area is 202 Å². The van der Waals surface area contributed by atoms with Gasteiger partial charge in [0.2, 0.25) is 9.84 Å². The molecule has 2 heterocycles. The summed E-state index contributed by atoms with van der Waals surface area (Å²) in [5.41, 5.74) is 2.74. The lowest BCUT2D eigenvalue weighted by Crippen LogP contribution is -2.47. The number of aromatic nitrogens is 2. The maximum atomic E-state index is 13.5. The molecule has 174 valence electrons. The number of para-hydroxylation sites is 2. The van der Waals surface area contributed by atoms with Crippen LogP contribution < -0.4 is 9.80 Å². The van der Waals surface area contributed by atoms with Gasteiger partial charge in [0.15, 0.2) is 10.8 Å². The van der Waals surface area contributed by atoms with Gasteiger partial charge in [-0.3, -0.25) is 0 Å². The lowest BCUT2D eigenvalue weighted by atomic mass is 10.2. The molecule has 6 nitrogen and oxygen atoms in total. The van der Waals surface area contributed by atoms with Gasteiger partial charge in [-0.05, 0) is 54.1 Å². The Hall–Kier alpha value is -3.23. The van der Waals surface area contributed by atoms with Gasteiger partial charge >= 0.3 is 0 Å². The molecule has 1 fully saturated rings. The highest BCUT2D eigenvalue weighted by molar-refractivity contribution is 7.90. The second kappa shape index (κ2) is 9.19. The highest BCUT2D eigenvalue weighted by atomic mass is 35.5. The Morgan fingerprint density at radius 2 is 1.38 bits per heavy atom.